The number of aromatic nitrogens is 1. The Bertz CT molecular complexity index is 963. The van der Waals surface area contributed by atoms with Crippen LogP contribution in [0, 0.1) is 12.3 Å². The maximum absolute atomic E-state index is 12.5. The molecule has 1 aliphatic heterocycles. The van der Waals surface area contributed by atoms with E-state index in [1.165, 1.54) is 23.5 Å². The number of carbonyl (C=O) groups is 2. The van der Waals surface area contributed by atoms with Crippen molar-refractivity contribution in [3.8, 4) is 0 Å². The molecule has 132 valence electrons. The van der Waals surface area contributed by atoms with Gasteiger partial charge in [-0.05, 0) is 39.0 Å². The first-order chi connectivity index (χ1) is 11.6. The second kappa shape index (κ2) is 5.92. The largest absolute Gasteiger partial charge is 0.298 e. The minimum Gasteiger partial charge on any atom is -0.298 e. The van der Waals surface area contributed by atoms with Crippen molar-refractivity contribution in [2.45, 2.75) is 20.8 Å². The lowest BCUT2D eigenvalue weighted by molar-refractivity contribution is -0.123. The maximum Gasteiger partial charge on any atom is 0.257 e. The number of anilines is 2. The topological polar surface area (TPSA) is 96.4 Å². The molecule has 3 rings (SSSR count). The third kappa shape index (κ3) is 3.29. The van der Waals surface area contributed by atoms with Crippen LogP contribution in [-0.4, -0.2) is 31.0 Å². The minimum atomic E-state index is -3.75. The summed E-state index contributed by atoms with van der Waals surface area (Å²) >= 11 is 1.30. The number of amides is 2. The van der Waals surface area contributed by atoms with Gasteiger partial charge in [-0.1, -0.05) is 6.07 Å². The Morgan fingerprint density at radius 3 is 2.64 bits per heavy atom. The van der Waals surface area contributed by atoms with Gasteiger partial charge in [0, 0.05) is 10.9 Å². The molecule has 1 aromatic heterocycles. The van der Waals surface area contributed by atoms with Gasteiger partial charge in [-0.2, -0.15) is 0 Å². The van der Waals surface area contributed by atoms with Crippen molar-refractivity contribution in [3.05, 3.63) is 40.9 Å². The van der Waals surface area contributed by atoms with Crippen LogP contribution in [-0.2, 0) is 14.8 Å². The predicted molar refractivity (Wildman–Crippen MR) is 96.3 cm³/mol. The van der Waals surface area contributed by atoms with Gasteiger partial charge in [0.05, 0.1) is 22.5 Å². The number of aryl methyl sites for hydroxylation is 1. The molecule has 2 aromatic rings. The lowest BCUT2D eigenvalue weighted by atomic mass is 9.95. The first-order valence-corrected chi connectivity index (χ1v) is 10.00. The van der Waals surface area contributed by atoms with Gasteiger partial charge >= 0.3 is 0 Å². The van der Waals surface area contributed by atoms with Gasteiger partial charge in [0.15, 0.2) is 5.13 Å². The normalized spacial score (nSPS) is 18.4. The quantitative estimate of drug-likeness (QED) is 0.883. The molecule has 9 heteroatoms. The average molecular weight is 379 g/mol. The summed E-state index contributed by atoms with van der Waals surface area (Å²) in [6.07, 6.45) is 0. The minimum absolute atomic E-state index is 0.165. The van der Waals surface area contributed by atoms with Crippen LogP contribution in [0.15, 0.2) is 29.6 Å². The number of nitrogens with one attached hydrogen (secondary N) is 1. The Kier molecular flexibility index (Phi) is 4.16. The highest BCUT2D eigenvalue weighted by molar-refractivity contribution is 7.94. The molecule has 1 aromatic carbocycles. The Balaban J connectivity index is 1.92. The standard InChI is InChI=1S/C16H17N3O4S2/c1-10-8-24-15(17-10)18-13(20)11-5-4-6-12(7-11)19-14(21)16(2,3)9-25(19,22)23/h4-8H,9H2,1-3H3,(H,17,18,20). The summed E-state index contributed by atoms with van der Waals surface area (Å²) in [6, 6.07) is 6.00. The molecule has 0 bridgehead atoms. The van der Waals surface area contributed by atoms with Crippen LogP contribution in [0.1, 0.15) is 29.9 Å². The van der Waals surface area contributed by atoms with Crippen molar-refractivity contribution in [2.75, 3.05) is 15.4 Å². The van der Waals surface area contributed by atoms with Crippen LogP contribution in [0.5, 0.6) is 0 Å². The summed E-state index contributed by atoms with van der Waals surface area (Å²) in [5.74, 6) is -1.17. The number of nitrogens with zero attached hydrogens (tertiary/aromatic N) is 2. The number of benzene rings is 1. The summed E-state index contributed by atoms with van der Waals surface area (Å²) in [5.41, 5.74) is 0.219. The maximum atomic E-state index is 12.5. The van der Waals surface area contributed by atoms with E-state index in [-0.39, 0.29) is 17.0 Å². The van der Waals surface area contributed by atoms with Crippen molar-refractivity contribution in [1.82, 2.24) is 4.98 Å². The van der Waals surface area contributed by atoms with Crippen LogP contribution >= 0.6 is 11.3 Å². The second-order valence-electron chi connectivity index (χ2n) is 6.51. The van der Waals surface area contributed by atoms with Crippen molar-refractivity contribution < 1.29 is 18.0 Å². The lowest BCUT2D eigenvalue weighted by Crippen LogP contribution is -2.33. The van der Waals surface area contributed by atoms with E-state index in [0.29, 0.717) is 5.13 Å². The second-order valence-corrected chi connectivity index (χ2v) is 9.18. The number of hydrogen-bond acceptors (Lipinski definition) is 6. The third-order valence-electron chi connectivity index (χ3n) is 3.77. The van der Waals surface area contributed by atoms with Gasteiger partial charge < -0.3 is 0 Å². The smallest absolute Gasteiger partial charge is 0.257 e. The van der Waals surface area contributed by atoms with Crippen molar-refractivity contribution >= 4 is 44.0 Å². The van der Waals surface area contributed by atoms with E-state index in [4.69, 9.17) is 0 Å². The summed E-state index contributed by atoms with van der Waals surface area (Å²) < 4.78 is 25.5. The van der Waals surface area contributed by atoms with E-state index in [0.717, 1.165) is 10.00 Å². The van der Waals surface area contributed by atoms with E-state index in [9.17, 15) is 18.0 Å². The van der Waals surface area contributed by atoms with Crippen LogP contribution in [0.25, 0.3) is 0 Å². The molecule has 0 saturated carbocycles. The van der Waals surface area contributed by atoms with Crippen molar-refractivity contribution in [1.29, 1.82) is 0 Å². The molecule has 0 aliphatic carbocycles. The summed E-state index contributed by atoms with van der Waals surface area (Å²) in [7, 11) is -3.75. The fourth-order valence-electron chi connectivity index (χ4n) is 2.62. The molecule has 2 amide bonds. The lowest BCUT2D eigenvalue weighted by Gasteiger charge is -2.18. The third-order valence-corrected chi connectivity index (χ3v) is 6.66. The Labute approximate surface area is 149 Å². The predicted octanol–water partition coefficient (Wildman–Crippen LogP) is 2.41. The Morgan fingerprint density at radius 1 is 1.36 bits per heavy atom. The molecule has 7 nitrogen and oxygen atoms in total. The number of rotatable bonds is 3. The SMILES string of the molecule is Cc1csc(NC(=O)c2cccc(N3C(=O)C(C)(C)CS3(=O)=O)c2)n1. The zero-order valence-electron chi connectivity index (χ0n) is 13.9. The van der Waals surface area contributed by atoms with E-state index in [2.05, 4.69) is 10.3 Å². The number of thiazole rings is 1. The molecule has 0 unspecified atom stereocenters. The van der Waals surface area contributed by atoms with E-state index in [1.807, 2.05) is 12.3 Å². The first-order valence-electron chi connectivity index (χ1n) is 7.51. The fourth-order valence-corrected chi connectivity index (χ4v) is 5.40. The zero-order chi connectivity index (χ0) is 18.4. The van der Waals surface area contributed by atoms with Crippen molar-refractivity contribution in [3.63, 3.8) is 0 Å². The summed E-state index contributed by atoms with van der Waals surface area (Å²) in [5, 5.41) is 4.93. The van der Waals surface area contributed by atoms with Crippen LogP contribution in [0.2, 0.25) is 0 Å². The molecule has 0 atom stereocenters. The highest BCUT2D eigenvalue weighted by atomic mass is 32.2. The summed E-state index contributed by atoms with van der Waals surface area (Å²) in [6.45, 7) is 5.00. The monoisotopic (exact) mass is 379 g/mol. The molecule has 0 spiro atoms. The van der Waals surface area contributed by atoms with Gasteiger partial charge in [-0.25, -0.2) is 17.7 Å². The zero-order valence-corrected chi connectivity index (χ0v) is 15.6. The molecular formula is C16H17N3O4S2. The molecule has 2 heterocycles. The Hall–Kier alpha value is -2.26. The molecule has 0 radical (unpaired) electrons. The number of hydrogen-bond donors (Lipinski definition) is 1. The molecule has 25 heavy (non-hydrogen) atoms. The first kappa shape index (κ1) is 17.6. The van der Waals surface area contributed by atoms with E-state index >= 15 is 0 Å². The number of sulfonamides is 1. The molecular weight excluding hydrogens is 362 g/mol. The highest BCUT2D eigenvalue weighted by Gasteiger charge is 2.49. The Morgan fingerprint density at radius 2 is 2.08 bits per heavy atom. The van der Waals surface area contributed by atoms with Crippen molar-refractivity contribution in [2.24, 2.45) is 5.41 Å². The molecule has 1 N–H and O–H groups in total. The average Bonchev–Trinajstić information content (AvgIpc) is 2.97. The van der Waals surface area contributed by atoms with Crippen LogP contribution in [0.4, 0.5) is 10.8 Å². The van der Waals surface area contributed by atoms with Gasteiger partial charge in [0.1, 0.15) is 0 Å². The highest BCUT2D eigenvalue weighted by Crippen LogP contribution is 2.36. The van der Waals surface area contributed by atoms with E-state index in [1.54, 1.807) is 26.0 Å². The molecule has 1 aliphatic rings. The van der Waals surface area contributed by atoms with Gasteiger partial charge in [0.25, 0.3) is 5.91 Å². The fraction of sp³-hybridized carbons (Fsp3) is 0.312. The van der Waals surface area contributed by atoms with Crippen LogP contribution in [0.3, 0.4) is 0 Å². The van der Waals surface area contributed by atoms with Gasteiger partial charge in [-0.15, -0.1) is 11.3 Å². The van der Waals surface area contributed by atoms with Crippen LogP contribution < -0.4 is 9.62 Å². The van der Waals surface area contributed by atoms with Gasteiger partial charge in [0.2, 0.25) is 15.9 Å². The van der Waals surface area contributed by atoms with E-state index < -0.39 is 27.3 Å². The van der Waals surface area contributed by atoms with Gasteiger partial charge in [-0.3, -0.25) is 14.9 Å². The summed E-state index contributed by atoms with van der Waals surface area (Å²) in [4.78, 5) is 29.0. The molecule has 1 fully saturated rings. The molecule has 1 saturated heterocycles. The number of carbonyl (C=O) groups excluding carboxylic acids is 2.